The molecule has 1 heterocycles. The van der Waals surface area contributed by atoms with Gasteiger partial charge in [-0.15, -0.1) is 0 Å². The van der Waals surface area contributed by atoms with Crippen LogP contribution in [0.3, 0.4) is 0 Å². The first-order chi connectivity index (χ1) is 10.4. The van der Waals surface area contributed by atoms with E-state index in [9.17, 15) is 4.79 Å². The summed E-state index contributed by atoms with van der Waals surface area (Å²) in [5.74, 6) is 0.474. The highest BCUT2D eigenvalue weighted by atomic mass is 16.5. The maximum absolute atomic E-state index is 12.0. The van der Waals surface area contributed by atoms with Crippen molar-refractivity contribution in [3.63, 3.8) is 0 Å². The number of hydrogen-bond acceptors (Lipinski definition) is 3. The van der Waals surface area contributed by atoms with Crippen LogP contribution in [0.1, 0.15) is 43.6 Å². The van der Waals surface area contributed by atoms with Crippen molar-refractivity contribution >= 4 is 5.91 Å². The van der Waals surface area contributed by atoms with E-state index in [2.05, 4.69) is 50.0 Å². The van der Waals surface area contributed by atoms with E-state index in [0.29, 0.717) is 12.5 Å². The van der Waals surface area contributed by atoms with Gasteiger partial charge < -0.3 is 10.1 Å². The Balaban J connectivity index is 1.90. The van der Waals surface area contributed by atoms with E-state index in [1.165, 1.54) is 5.56 Å². The highest BCUT2D eigenvalue weighted by Crippen LogP contribution is 2.14. The van der Waals surface area contributed by atoms with Crippen molar-refractivity contribution in [2.24, 2.45) is 5.92 Å². The molecule has 0 saturated carbocycles. The van der Waals surface area contributed by atoms with Gasteiger partial charge in [0, 0.05) is 31.7 Å². The second-order valence-corrected chi connectivity index (χ2v) is 6.75. The standard InChI is InChI=1S/C18H28N2O2/c1-13(2)9-19-18(21)17-7-5-16(6-8-17)12-20-10-14(3)22-15(4)11-20/h5-8,13-15H,9-12H2,1-4H3,(H,19,21)/t14-,15-/m0/s1. The lowest BCUT2D eigenvalue weighted by atomic mass is 10.1. The van der Waals surface area contributed by atoms with Crippen molar-refractivity contribution in [2.45, 2.75) is 46.4 Å². The first-order valence-corrected chi connectivity index (χ1v) is 8.19. The highest BCUT2D eigenvalue weighted by molar-refractivity contribution is 5.94. The van der Waals surface area contributed by atoms with Gasteiger partial charge in [-0.05, 0) is 37.5 Å². The van der Waals surface area contributed by atoms with Crippen LogP contribution in [0.15, 0.2) is 24.3 Å². The molecule has 1 aliphatic heterocycles. The zero-order valence-corrected chi connectivity index (χ0v) is 14.1. The molecule has 0 spiro atoms. The number of morpholine rings is 1. The molecule has 1 aliphatic rings. The monoisotopic (exact) mass is 304 g/mol. The van der Waals surface area contributed by atoms with E-state index in [-0.39, 0.29) is 18.1 Å². The summed E-state index contributed by atoms with van der Waals surface area (Å²) in [5, 5.41) is 2.94. The number of nitrogens with one attached hydrogen (secondary N) is 1. The van der Waals surface area contributed by atoms with Crippen LogP contribution >= 0.6 is 0 Å². The van der Waals surface area contributed by atoms with Crippen molar-refractivity contribution in [3.8, 4) is 0 Å². The lowest BCUT2D eigenvalue weighted by Gasteiger charge is -2.35. The van der Waals surface area contributed by atoms with Gasteiger partial charge in [-0.25, -0.2) is 0 Å². The predicted molar refractivity (Wildman–Crippen MR) is 88.9 cm³/mol. The minimum Gasteiger partial charge on any atom is -0.373 e. The number of benzene rings is 1. The Labute approximate surface area is 133 Å². The zero-order valence-electron chi connectivity index (χ0n) is 14.1. The van der Waals surface area contributed by atoms with Crippen LogP contribution < -0.4 is 5.32 Å². The topological polar surface area (TPSA) is 41.6 Å². The number of nitrogens with zero attached hydrogens (tertiary/aromatic N) is 1. The Bertz CT molecular complexity index is 474. The Hall–Kier alpha value is -1.39. The van der Waals surface area contributed by atoms with E-state index in [1.807, 2.05) is 12.1 Å². The summed E-state index contributed by atoms with van der Waals surface area (Å²) >= 11 is 0. The molecule has 0 radical (unpaired) electrons. The molecule has 1 fully saturated rings. The van der Waals surface area contributed by atoms with Gasteiger partial charge in [-0.1, -0.05) is 26.0 Å². The SMILES string of the molecule is CC(C)CNC(=O)c1ccc(CN2C[C@H](C)O[C@@H](C)C2)cc1. The third-order valence-electron chi connectivity index (χ3n) is 3.79. The molecule has 2 atom stereocenters. The number of rotatable bonds is 5. The minimum absolute atomic E-state index is 0.00821. The Morgan fingerprint density at radius 3 is 2.36 bits per heavy atom. The molecule has 1 amide bonds. The normalized spacial score (nSPS) is 22.8. The first-order valence-electron chi connectivity index (χ1n) is 8.19. The molecule has 122 valence electrons. The first kappa shape index (κ1) is 17.0. The molecule has 0 aromatic heterocycles. The number of ether oxygens (including phenoxy) is 1. The van der Waals surface area contributed by atoms with Crippen LogP contribution in [0, 0.1) is 5.92 Å². The third kappa shape index (κ3) is 5.11. The van der Waals surface area contributed by atoms with E-state index in [4.69, 9.17) is 4.74 Å². The number of hydrogen-bond donors (Lipinski definition) is 1. The van der Waals surface area contributed by atoms with Crippen molar-refractivity contribution in [1.29, 1.82) is 0 Å². The molecule has 0 unspecified atom stereocenters. The molecule has 22 heavy (non-hydrogen) atoms. The number of carbonyl (C=O) groups is 1. The lowest BCUT2D eigenvalue weighted by molar-refractivity contribution is -0.0704. The van der Waals surface area contributed by atoms with Gasteiger partial charge in [0.05, 0.1) is 12.2 Å². The van der Waals surface area contributed by atoms with Gasteiger partial charge in [-0.3, -0.25) is 9.69 Å². The van der Waals surface area contributed by atoms with Gasteiger partial charge >= 0.3 is 0 Å². The van der Waals surface area contributed by atoms with Crippen LogP contribution in [0.5, 0.6) is 0 Å². The molecule has 1 aromatic carbocycles. The summed E-state index contributed by atoms with van der Waals surface area (Å²) in [6.07, 6.45) is 0.565. The van der Waals surface area contributed by atoms with Crippen molar-refractivity contribution < 1.29 is 9.53 Å². The van der Waals surface area contributed by atoms with Crippen LogP contribution in [-0.2, 0) is 11.3 Å². The van der Waals surface area contributed by atoms with Crippen LogP contribution in [0.25, 0.3) is 0 Å². The Morgan fingerprint density at radius 1 is 1.23 bits per heavy atom. The van der Waals surface area contributed by atoms with Crippen LogP contribution in [0.4, 0.5) is 0 Å². The van der Waals surface area contributed by atoms with E-state index < -0.39 is 0 Å². The lowest BCUT2D eigenvalue weighted by Crippen LogP contribution is -2.44. The summed E-state index contributed by atoms with van der Waals surface area (Å²) in [4.78, 5) is 14.4. The maximum atomic E-state index is 12.0. The fraction of sp³-hybridized carbons (Fsp3) is 0.611. The summed E-state index contributed by atoms with van der Waals surface area (Å²) < 4.78 is 5.76. The Morgan fingerprint density at radius 2 is 1.82 bits per heavy atom. The summed E-state index contributed by atoms with van der Waals surface area (Å²) in [6, 6.07) is 7.93. The molecule has 1 N–H and O–H groups in total. The van der Waals surface area contributed by atoms with E-state index in [0.717, 1.165) is 25.2 Å². The molecular weight excluding hydrogens is 276 g/mol. The molecule has 1 saturated heterocycles. The van der Waals surface area contributed by atoms with Gasteiger partial charge in [0.2, 0.25) is 0 Å². The maximum Gasteiger partial charge on any atom is 0.251 e. The van der Waals surface area contributed by atoms with Gasteiger partial charge in [-0.2, -0.15) is 0 Å². The zero-order chi connectivity index (χ0) is 16.1. The van der Waals surface area contributed by atoms with Gasteiger partial charge in [0.15, 0.2) is 0 Å². The second-order valence-electron chi connectivity index (χ2n) is 6.75. The summed E-state index contributed by atoms with van der Waals surface area (Å²) in [6.45, 7) is 12.0. The van der Waals surface area contributed by atoms with Crippen molar-refractivity contribution in [1.82, 2.24) is 10.2 Å². The van der Waals surface area contributed by atoms with E-state index in [1.54, 1.807) is 0 Å². The van der Waals surface area contributed by atoms with Crippen LogP contribution in [-0.4, -0.2) is 42.6 Å². The Kier molecular flexibility index (Phi) is 5.98. The fourth-order valence-corrected chi connectivity index (χ4v) is 2.83. The highest BCUT2D eigenvalue weighted by Gasteiger charge is 2.22. The number of amides is 1. The van der Waals surface area contributed by atoms with Gasteiger partial charge in [0.25, 0.3) is 5.91 Å². The molecular formula is C18H28N2O2. The smallest absolute Gasteiger partial charge is 0.251 e. The van der Waals surface area contributed by atoms with Crippen molar-refractivity contribution in [2.75, 3.05) is 19.6 Å². The molecule has 0 bridgehead atoms. The number of carbonyl (C=O) groups excluding carboxylic acids is 1. The average molecular weight is 304 g/mol. The van der Waals surface area contributed by atoms with Crippen LogP contribution in [0.2, 0.25) is 0 Å². The third-order valence-corrected chi connectivity index (χ3v) is 3.79. The predicted octanol–water partition coefficient (Wildman–Crippen LogP) is 2.68. The molecule has 4 nitrogen and oxygen atoms in total. The second kappa shape index (κ2) is 7.75. The average Bonchev–Trinajstić information content (AvgIpc) is 2.44. The van der Waals surface area contributed by atoms with Crippen molar-refractivity contribution in [3.05, 3.63) is 35.4 Å². The quantitative estimate of drug-likeness (QED) is 0.909. The fourth-order valence-electron chi connectivity index (χ4n) is 2.83. The summed E-state index contributed by atoms with van der Waals surface area (Å²) in [5.41, 5.74) is 1.97. The molecule has 4 heteroatoms. The molecule has 0 aliphatic carbocycles. The largest absolute Gasteiger partial charge is 0.373 e. The molecule has 2 rings (SSSR count). The van der Waals surface area contributed by atoms with Gasteiger partial charge in [0.1, 0.15) is 0 Å². The van der Waals surface area contributed by atoms with E-state index >= 15 is 0 Å². The summed E-state index contributed by atoms with van der Waals surface area (Å²) in [7, 11) is 0. The minimum atomic E-state index is 0.00821. The molecule has 1 aromatic rings.